The molecule has 0 bridgehead atoms. The van der Waals surface area contributed by atoms with E-state index in [1.54, 1.807) is 13.2 Å². The Balaban J connectivity index is 1.79. The van der Waals surface area contributed by atoms with E-state index in [4.69, 9.17) is 9.47 Å². The van der Waals surface area contributed by atoms with Crippen LogP contribution in [0, 0.1) is 5.92 Å². The first-order valence-corrected chi connectivity index (χ1v) is 10.7. The van der Waals surface area contributed by atoms with E-state index in [-0.39, 0.29) is 23.5 Å². The summed E-state index contributed by atoms with van der Waals surface area (Å²) in [4.78, 5) is 32.1. The van der Waals surface area contributed by atoms with Gasteiger partial charge in [-0.25, -0.2) is 4.98 Å². The summed E-state index contributed by atoms with van der Waals surface area (Å²) in [6.07, 6.45) is 4.07. The van der Waals surface area contributed by atoms with Gasteiger partial charge in [0.15, 0.2) is 5.78 Å². The molecule has 29 heavy (non-hydrogen) atoms. The molecule has 7 heteroatoms. The standard InChI is InChI=1S/C22H33N3O4/c1-5-19(26)22(6-2,7-3)24-20(27)17-10-11-18(25-12-16(13-25)28-4)21(23-17)29-14-15-8-9-15/h10-11,15-16H,5-9,12-14H2,1-4H3,(H,24,27). The summed E-state index contributed by atoms with van der Waals surface area (Å²) in [5.41, 5.74) is 0.320. The zero-order chi connectivity index (χ0) is 21.0. The van der Waals surface area contributed by atoms with Gasteiger partial charge in [0, 0.05) is 26.6 Å². The van der Waals surface area contributed by atoms with Crippen molar-refractivity contribution in [2.45, 2.75) is 64.5 Å². The van der Waals surface area contributed by atoms with Crippen LogP contribution < -0.4 is 15.0 Å². The van der Waals surface area contributed by atoms with Crippen LogP contribution in [0.1, 0.15) is 63.4 Å². The van der Waals surface area contributed by atoms with Gasteiger partial charge in [0.25, 0.3) is 5.91 Å². The summed E-state index contributed by atoms with van der Waals surface area (Å²) in [6, 6.07) is 3.60. The second-order valence-electron chi connectivity index (χ2n) is 8.06. The molecule has 1 aromatic rings. The number of hydrogen-bond donors (Lipinski definition) is 1. The highest BCUT2D eigenvalue weighted by atomic mass is 16.5. The lowest BCUT2D eigenvalue weighted by Crippen LogP contribution is -2.53. The lowest BCUT2D eigenvalue weighted by atomic mass is 9.86. The lowest BCUT2D eigenvalue weighted by molar-refractivity contribution is -0.125. The Morgan fingerprint density at radius 2 is 1.90 bits per heavy atom. The maximum absolute atomic E-state index is 12.9. The number of ketones is 1. The minimum Gasteiger partial charge on any atom is -0.476 e. The number of carbonyl (C=O) groups is 2. The zero-order valence-electron chi connectivity index (χ0n) is 18.0. The number of methoxy groups -OCH3 is 1. The third kappa shape index (κ3) is 4.71. The van der Waals surface area contributed by atoms with Gasteiger partial charge < -0.3 is 19.7 Å². The Bertz CT molecular complexity index is 738. The third-order valence-electron chi connectivity index (χ3n) is 6.16. The van der Waals surface area contributed by atoms with Crippen molar-refractivity contribution in [2.24, 2.45) is 5.92 Å². The van der Waals surface area contributed by atoms with Crippen molar-refractivity contribution in [1.29, 1.82) is 0 Å². The minimum atomic E-state index is -0.843. The first-order valence-electron chi connectivity index (χ1n) is 10.7. The predicted molar refractivity (Wildman–Crippen MR) is 112 cm³/mol. The Morgan fingerprint density at radius 3 is 2.45 bits per heavy atom. The number of aromatic nitrogens is 1. The summed E-state index contributed by atoms with van der Waals surface area (Å²) in [7, 11) is 1.71. The molecule has 3 rings (SSSR count). The molecule has 1 N–H and O–H groups in total. The number of amides is 1. The highest BCUT2D eigenvalue weighted by Gasteiger charge is 2.36. The smallest absolute Gasteiger partial charge is 0.270 e. The number of anilines is 1. The third-order valence-corrected chi connectivity index (χ3v) is 6.16. The van der Waals surface area contributed by atoms with E-state index in [1.165, 1.54) is 12.8 Å². The summed E-state index contributed by atoms with van der Waals surface area (Å²) in [5, 5.41) is 2.95. The molecule has 0 unspecified atom stereocenters. The lowest BCUT2D eigenvalue weighted by Gasteiger charge is -2.40. The summed E-state index contributed by atoms with van der Waals surface area (Å²) < 4.78 is 11.4. The van der Waals surface area contributed by atoms with Gasteiger partial charge in [-0.2, -0.15) is 0 Å². The van der Waals surface area contributed by atoms with Crippen molar-refractivity contribution in [3.63, 3.8) is 0 Å². The Hall–Kier alpha value is -2.15. The van der Waals surface area contributed by atoms with Crippen molar-refractivity contribution in [3.05, 3.63) is 17.8 Å². The van der Waals surface area contributed by atoms with Crippen LogP contribution in [0.25, 0.3) is 0 Å². The first kappa shape index (κ1) is 21.6. The van der Waals surface area contributed by atoms with Crippen LogP contribution >= 0.6 is 0 Å². The quantitative estimate of drug-likeness (QED) is 0.612. The molecule has 160 valence electrons. The van der Waals surface area contributed by atoms with Crippen molar-refractivity contribution < 1.29 is 19.1 Å². The number of carbonyl (C=O) groups excluding carboxylic acids is 2. The highest BCUT2D eigenvalue weighted by molar-refractivity contribution is 5.99. The van der Waals surface area contributed by atoms with E-state index in [0.717, 1.165) is 18.8 Å². The van der Waals surface area contributed by atoms with E-state index in [1.807, 2.05) is 26.8 Å². The zero-order valence-corrected chi connectivity index (χ0v) is 18.0. The van der Waals surface area contributed by atoms with Gasteiger partial charge >= 0.3 is 0 Å². The van der Waals surface area contributed by atoms with Crippen LogP contribution in [0.5, 0.6) is 5.88 Å². The molecule has 0 atom stereocenters. The average Bonchev–Trinajstić information content (AvgIpc) is 3.54. The maximum Gasteiger partial charge on any atom is 0.270 e. The summed E-state index contributed by atoms with van der Waals surface area (Å²) >= 11 is 0. The van der Waals surface area contributed by atoms with Gasteiger partial charge in [-0.1, -0.05) is 20.8 Å². The van der Waals surface area contributed by atoms with Gasteiger partial charge in [-0.05, 0) is 43.7 Å². The minimum absolute atomic E-state index is 0.0452. The molecule has 1 amide bonds. The molecule has 1 aliphatic heterocycles. The topological polar surface area (TPSA) is 80.8 Å². The fourth-order valence-electron chi connectivity index (χ4n) is 3.68. The Morgan fingerprint density at radius 1 is 1.21 bits per heavy atom. The molecule has 2 fully saturated rings. The molecule has 1 saturated carbocycles. The number of nitrogens with zero attached hydrogens (tertiary/aromatic N) is 2. The van der Waals surface area contributed by atoms with Gasteiger partial charge in [0.1, 0.15) is 11.4 Å². The largest absolute Gasteiger partial charge is 0.476 e. The van der Waals surface area contributed by atoms with Crippen LogP contribution in [-0.4, -0.2) is 55.1 Å². The number of ether oxygens (including phenoxy) is 2. The number of nitrogens with one attached hydrogen (secondary N) is 1. The molecule has 7 nitrogen and oxygen atoms in total. The molecule has 0 radical (unpaired) electrons. The van der Waals surface area contributed by atoms with Crippen molar-refractivity contribution in [1.82, 2.24) is 10.3 Å². The van der Waals surface area contributed by atoms with E-state index < -0.39 is 5.54 Å². The van der Waals surface area contributed by atoms with Crippen molar-refractivity contribution in [2.75, 3.05) is 31.7 Å². The van der Waals surface area contributed by atoms with E-state index >= 15 is 0 Å². The van der Waals surface area contributed by atoms with Gasteiger partial charge in [-0.3, -0.25) is 9.59 Å². The van der Waals surface area contributed by atoms with Crippen LogP contribution in [0.4, 0.5) is 5.69 Å². The van der Waals surface area contributed by atoms with E-state index in [0.29, 0.717) is 37.7 Å². The maximum atomic E-state index is 12.9. The number of rotatable bonds is 11. The molecular weight excluding hydrogens is 370 g/mol. The van der Waals surface area contributed by atoms with Gasteiger partial charge in [-0.15, -0.1) is 0 Å². The molecule has 1 saturated heterocycles. The fourth-order valence-corrected chi connectivity index (χ4v) is 3.68. The number of hydrogen-bond acceptors (Lipinski definition) is 6. The number of Topliss-reactive ketones (excluding diaryl/α,β-unsaturated/α-hetero) is 1. The van der Waals surface area contributed by atoms with Gasteiger partial charge in [0.05, 0.1) is 18.2 Å². The average molecular weight is 404 g/mol. The van der Waals surface area contributed by atoms with Crippen molar-refractivity contribution in [3.8, 4) is 5.88 Å². The highest BCUT2D eigenvalue weighted by Crippen LogP contribution is 2.34. The molecule has 0 aromatic carbocycles. The van der Waals surface area contributed by atoms with E-state index in [9.17, 15) is 9.59 Å². The Kier molecular flexibility index (Phi) is 6.77. The molecule has 2 heterocycles. The molecule has 2 aliphatic rings. The normalized spacial score (nSPS) is 17.0. The van der Waals surface area contributed by atoms with Crippen molar-refractivity contribution >= 4 is 17.4 Å². The SMILES string of the molecule is CCC(=O)C(CC)(CC)NC(=O)c1ccc(N2CC(OC)C2)c(OCC2CC2)n1. The van der Waals surface area contributed by atoms with Crippen LogP contribution in [0.3, 0.4) is 0 Å². The fraction of sp³-hybridized carbons (Fsp3) is 0.682. The first-order chi connectivity index (χ1) is 14.0. The van der Waals surface area contributed by atoms with Crippen LogP contribution in [-0.2, 0) is 9.53 Å². The summed E-state index contributed by atoms with van der Waals surface area (Å²) in [5.74, 6) is 0.778. The molecule has 1 aliphatic carbocycles. The van der Waals surface area contributed by atoms with Crippen LogP contribution in [0.15, 0.2) is 12.1 Å². The van der Waals surface area contributed by atoms with E-state index in [2.05, 4.69) is 15.2 Å². The molecule has 0 spiro atoms. The number of pyridine rings is 1. The monoisotopic (exact) mass is 403 g/mol. The molecular formula is C22H33N3O4. The second kappa shape index (κ2) is 9.11. The second-order valence-corrected chi connectivity index (χ2v) is 8.06. The summed E-state index contributed by atoms with van der Waals surface area (Å²) in [6.45, 7) is 7.86. The Labute approximate surface area is 173 Å². The van der Waals surface area contributed by atoms with Gasteiger partial charge in [0.2, 0.25) is 5.88 Å². The van der Waals surface area contributed by atoms with Crippen LogP contribution in [0.2, 0.25) is 0 Å². The molecule has 1 aromatic heterocycles. The predicted octanol–water partition coefficient (Wildman–Crippen LogP) is 2.97.